The van der Waals surface area contributed by atoms with Gasteiger partial charge in [0.05, 0.1) is 22.1 Å². The molecule has 0 aliphatic carbocycles. The first-order valence-electron chi connectivity index (χ1n) is 11.1. The van der Waals surface area contributed by atoms with Crippen LogP contribution in [0.25, 0.3) is 16.3 Å². The Labute approximate surface area is 215 Å². The van der Waals surface area contributed by atoms with Crippen LogP contribution in [0.1, 0.15) is 34.9 Å². The maximum Gasteiger partial charge on any atom is 0.272 e. The highest BCUT2D eigenvalue weighted by Gasteiger charge is 2.31. The van der Waals surface area contributed by atoms with Crippen molar-refractivity contribution in [1.82, 2.24) is 19.7 Å². The van der Waals surface area contributed by atoms with Crippen molar-refractivity contribution in [1.29, 1.82) is 0 Å². The second-order valence-electron chi connectivity index (χ2n) is 8.88. The summed E-state index contributed by atoms with van der Waals surface area (Å²) in [4.78, 5) is 37.3. The number of hydrogen-bond acceptors (Lipinski definition) is 8. The average Bonchev–Trinajstić information content (AvgIpc) is 3.53. The number of nitrogens with zero attached hydrogens (tertiary/aromatic N) is 4. The van der Waals surface area contributed by atoms with Gasteiger partial charge < -0.3 is 20.1 Å². The molecule has 0 spiro atoms. The minimum Gasteiger partial charge on any atom is -0.489 e. The van der Waals surface area contributed by atoms with Crippen LogP contribution < -0.4 is 15.0 Å². The number of aryl methyl sites for hydroxylation is 1. The Balaban J connectivity index is 1.35. The molecule has 36 heavy (non-hydrogen) atoms. The van der Waals surface area contributed by atoms with Gasteiger partial charge in [-0.2, -0.15) is 0 Å². The van der Waals surface area contributed by atoms with Crippen LogP contribution in [-0.2, 0) is 4.79 Å². The number of amides is 2. The minimum atomic E-state index is -1.14. The Kier molecular flexibility index (Phi) is 6.04. The van der Waals surface area contributed by atoms with Gasteiger partial charge in [-0.15, -0.1) is 22.7 Å². The molecular weight excluding hydrogens is 498 g/mol. The summed E-state index contributed by atoms with van der Waals surface area (Å²) in [5, 5.41) is 17.5. The summed E-state index contributed by atoms with van der Waals surface area (Å²) in [6, 6.07) is 4.31. The molecule has 184 valence electrons. The molecule has 0 bridgehead atoms. The maximum atomic E-state index is 13.2. The SMILES string of the molecule is Cc1nc(-c2csc3nc(C(=O)N[C@H]4COc5ccc(C#CC(C)(C)O)cc5N(C)C4=O)cn23)cs1. The topological polar surface area (TPSA) is 109 Å². The van der Waals surface area contributed by atoms with Crippen LogP contribution in [0, 0.1) is 18.8 Å². The lowest BCUT2D eigenvalue weighted by molar-refractivity contribution is -0.120. The van der Waals surface area contributed by atoms with E-state index in [1.807, 2.05) is 22.1 Å². The first kappa shape index (κ1) is 24.0. The van der Waals surface area contributed by atoms with Crippen molar-refractivity contribution in [3.05, 3.63) is 51.4 Å². The predicted octanol–water partition coefficient (Wildman–Crippen LogP) is 3.10. The molecule has 0 fully saturated rings. The van der Waals surface area contributed by atoms with Crippen LogP contribution in [0.15, 0.2) is 35.2 Å². The van der Waals surface area contributed by atoms with Crippen molar-refractivity contribution in [3.8, 4) is 29.0 Å². The van der Waals surface area contributed by atoms with Gasteiger partial charge in [-0.05, 0) is 39.0 Å². The molecule has 2 amide bonds. The third-order valence-electron chi connectivity index (χ3n) is 5.50. The van der Waals surface area contributed by atoms with Gasteiger partial charge >= 0.3 is 0 Å². The number of anilines is 1. The van der Waals surface area contributed by atoms with Crippen molar-refractivity contribution in [3.63, 3.8) is 0 Å². The molecule has 1 atom stereocenters. The number of ether oxygens (including phenoxy) is 1. The van der Waals surface area contributed by atoms with Gasteiger partial charge in [0.25, 0.3) is 11.8 Å². The molecule has 9 nitrogen and oxygen atoms in total. The fourth-order valence-electron chi connectivity index (χ4n) is 3.70. The molecule has 11 heteroatoms. The number of rotatable bonds is 3. The summed E-state index contributed by atoms with van der Waals surface area (Å²) in [6.45, 7) is 5.11. The zero-order valence-electron chi connectivity index (χ0n) is 20.0. The summed E-state index contributed by atoms with van der Waals surface area (Å²) >= 11 is 2.97. The van der Waals surface area contributed by atoms with Gasteiger partial charge in [0.2, 0.25) is 0 Å². The van der Waals surface area contributed by atoms with Crippen LogP contribution in [0.4, 0.5) is 5.69 Å². The van der Waals surface area contributed by atoms with Crippen LogP contribution in [0.3, 0.4) is 0 Å². The number of hydrogen-bond donors (Lipinski definition) is 2. The molecule has 1 aliphatic rings. The van der Waals surface area contributed by atoms with E-state index >= 15 is 0 Å². The highest BCUT2D eigenvalue weighted by molar-refractivity contribution is 7.15. The second-order valence-corrected chi connectivity index (χ2v) is 10.8. The molecule has 5 rings (SSSR count). The van der Waals surface area contributed by atoms with Crippen molar-refractivity contribution < 1.29 is 19.4 Å². The average molecular weight is 522 g/mol. The summed E-state index contributed by atoms with van der Waals surface area (Å²) < 4.78 is 7.69. The fraction of sp³-hybridized carbons (Fsp3) is 0.280. The Morgan fingerprint density at radius 2 is 2.08 bits per heavy atom. The number of aromatic nitrogens is 3. The van der Waals surface area contributed by atoms with E-state index in [1.54, 1.807) is 56.6 Å². The number of benzene rings is 1. The van der Waals surface area contributed by atoms with E-state index < -0.39 is 17.6 Å². The predicted molar refractivity (Wildman–Crippen MR) is 139 cm³/mol. The zero-order chi connectivity index (χ0) is 25.6. The molecule has 3 aromatic heterocycles. The van der Waals surface area contributed by atoms with E-state index in [0.717, 1.165) is 16.4 Å². The number of thiazole rings is 2. The molecule has 0 radical (unpaired) electrons. The fourth-order valence-corrected chi connectivity index (χ4v) is 5.17. The molecule has 0 unspecified atom stereocenters. The van der Waals surface area contributed by atoms with Crippen molar-refractivity contribution in [2.75, 3.05) is 18.6 Å². The van der Waals surface area contributed by atoms with Crippen LogP contribution in [0.5, 0.6) is 5.75 Å². The number of fused-ring (bicyclic) bond motifs is 2. The number of carbonyl (C=O) groups excluding carboxylic acids is 2. The molecule has 4 heterocycles. The second kappa shape index (κ2) is 9.05. The van der Waals surface area contributed by atoms with E-state index in [-0.39, 0.29) is 18.2 Å². The van der Waals surface area contributed by atoms with E-state index in [2.05, 4.69) is 27.1 Å². The Hall–Kier alpha value is -3.72. The summed E-state index contributed by atoms with van der Waals surface area (Å²) in [5.41, 5.74) is 1.92. The van der Waals surface area contributed by atoms with Crippen molar-refractivity contribution in [2.24, 2.45) is 0 Å². The Morgan fingerprint density at radius 3 is 2.81 bits per heavy atom. The summed E-state index contributed by atoms with van der Waals surface area (Å²) in [7, 11) is 1.62. The van der Waals surface area contributed by atoms with Gasteiger partial charge in [0.15, 0.2) is 4.96 Å². The van der Waals surface area contributed by atoms with Crippen LogP contribution in [-0.4, -0.2) is 56.6 Å². The third-order valence-corrected chi connectivity index (χ3v) is 7.11. The summed E-state index contributed by atoms with van der Waals surface area (Å²) in [5.74, 6) is 5.37. The number of aliphatic hydroxyl groups is 1. The third kappa shape index (κ3) is 4.70. The lowest BCUT2D eigenvalue weighted by atomic mass is 10.1. The van der Waals surface area contributed by atoms with Crippen LogP contribution >= 0.6 is 22.7 Å². The van der Waals surface area contributed by atoms with E-state index in [4.69, 9.17) is 4.74 Å². The quantitative estimate of drug-likeness (QED) is 0.401. The zero-order valence-corrected chi connectivity index (χ0v) is 21.7. The number of nitrogens with one attached hydrogen (secondary N) is 1. The number of carbonyl (C=O) groups is 2. The van der Waals surface area contributed by atoms with E-state index in [0.29, 0.717) is 22.0 Å². The van der Waals surface area contributed by atoms with Crippen molar-refractivity contribution >= 4 is 45.1 Å². The smallest absolute Gasteiger partial charge is 0.272 e. The first-order valence-corrected chi connectivity index (χ1v) is 12.8. The van der Waals surface area contributed by atoms with Crippen LogP contribution in [0.2, 0.25) is 0 Å². The van der Waals surface area contributed by atoms with Gasteiger partial charge in [-0.3, -0.25) is 14.0 Å². The first-order chi connectivity index (χ1) is 17.1. The highest BCUT2D eigenvalue weighted by atomic mass is 32.1. The van der Waals surface area contributed by atoms with E-state index in [1.165, 1.54) is 16.2 Å². The molecule has 4 aromatic rings. The molecule has 0 saturated heterocycles. The molecule has 0 saturated carbocycles. The van der Waals surface area contributed by atoms with Gasteiger partial charge in [-0.25, -0.2) is 9.97 Å². The van der Waals surface area contributed by atoms with Gasteiger partial charge in [-0.1, -0.05) is 11.8 Å². The van der Waals surface area contributed by atoms with Gasteiger partial charge in [0, 0.05) is 29.6 Å². The molecule has 1 aliphatic heterocycles. The van der Waals surface area contributed by atoms with Gasteiger partial charge in [0.1, 0.15) is 29.7 Å². The standard InChI is InChI=1S/C25H23N5O4S2/c1-14-26-18(12-35-14)20-13-36-24-28-16(10-30(20)24)22(31)27-17-11-34-21-6-5-15(7-8-25(2,3)33)9-19(21)29(4)23(17)32/h5-6,9-10,12-13,17,33H,11H2,1-4H3,(H,27,31)/t17-/m0/s1. The maximum absolute atomic E-state index is 13.2. The lowest BCUT2D eigenvalue weighted by Crippen LogP contribution is -2.49. The largest absolute Gasteiger partial charge is 0.489 e. The Bertz CT molecular complexity index is 1550. The molecule has 1 aromatic carbocycles. The lowest BCUT2D eigenvalue weighted by Gasteiger charge is -2.20. The monoisotopic (exact) mass is 521 g/mol. The molecule has 2 N–H and O–H groups in total. The minimum absolute atomic E-state index is 0.0256. The van der Waals surface area contributed by atoms with E-state index in [9.17, 15) is 14.7 Å². The normalized spacial score (nSPS) is 15.6. The number of likely N-dealkylation sites (N-methyl/N-ethyl adjacent to an activating group) is 1. The Morgan fingerprint density at radius 1 is 1.28 bits per heavy atom. The summed E-state index contributed by atoms with van der Waals surface area (Å²) in [6.07, 6.45) is 1.65. The molecular formula is C25H23N5O4S2. The number of imidazole rings is 1. The highest BCUT2D eigenvalue weighted by Crippen LogP contribution is 2.32. The van der Waals surface area contributed by atoms with Crippen molar-refractivity contribution in [2.45, 2.75) is 32.4 Å².